The van der Waals surface area contributed by atoms with Gasteiger partial charge in [-0.05, 0) is 52.9 Å². The summed E-state index contributed by atoms with van der Waals surface area (Å²) in [6, 6.07) is 5.74. The predicted molar refractivity (Wildman–Crippen MR) is 74.5 cm³/mol. The summed E-state index contributed by atoms with van der Waals surface area (Å²) in [4.78, 5) is 0. The third kappa shape index (κ3) is 5.17. The lowest BCUT2D eigenvalue weighted by Gasteiger charge is -2.17. The van der Waals surface area contributed by atoms with Crippen molar-refractivity contribution in [2.75, 3.05) is 0 Å². The van der Waals surface area contributed by atoms with Gasteiger partial charge in [-0.2, -0.15) is 0 Å². The molecule has 0 saturated carbocycles. The van der Waals surface area contributed by atoms with Gasteiger partial charge in [-0.1, -0.05) is 26.3 Å². The van der Waals surface area contributed by atoms with Crippen LogP contribution in [0.3, 0.4) is 0 Å². The van der Waals surface area contributed by atoms with E-state index in [1.54, 1.807) is 12.1 Å². The number of hydrogen-bond donors (Lipinski definition) is 1. The van der Waals surface area contributed by atoms with E-state index >= 15 is 0 Å². The van der Waals surface area contributed by atoms with Crippen molar-refractivity contribution in [3.63, 3.8) is 0 Å². The fourth-order valence-electron chi connectivity index (χ4n) is 1.80. The molecule has 1 N–H and O–H groups in total. The Morgan fingerprint density at radius 3 is 2.65 bits per heavy atom. The largest absolute Gasteiger partial charge is 0.310 e. The minimum absolute atomic E-state index is 0.195. The van der Waals surface area contributed by atoms with Crippen molar-refractivity contribution in [1.29, 1.82) is 0 Å². The van der Waals surface area contributed by atoms with E-state index in [-0.39, 0.29) is 5.82 Å². The molecule has 0 heterocycles. The number of halogens is 2. The van der Waals surface area contributed by atoms with E-state index in [0.717, 1.165) is 24.4 Å². The maximum absolute atomic E-state index is 13.3. The average Bonchev–Trinajstić information content (AvgIpc) is 2.30. The molecule has 0 aliphatic heterocycles. The molecule has 0 amide bonds. The summed E-state index contributed by atoms with van der Waals surface area (Å²) in [6.07, 6.45) is 2.37. The van der Waals surface area contributed by atoms with Crippen molar-refractivity contribution >= 4 is 15.9 Å². The van der Waals surface area contributed by atoms with E-state index < -0.39 is 0 Å². The van der Waals surface area contributed by atoms with Gasteiger partial charge in [0, 0.05) is 12.6 Å². The highest BCUT2D eigenvalue weighted by Crippen LogP contribution is 2.16. The zero-order valence-electron chi connectivity index (χ0n) is 10.8. The zero-order valence-corrected chi connectivity index (χ0v) is 12.3. The first-order valence-corrected chi connectivity index (χ1v) is 6.99. The number of rotatable bonds is 6. The molecule has 0 aliphatic carbocycles. The van der Waals surface area contributed by atoms with Gasteiger partial charge < -0.3 is 5.32 Å². The molecule has 2 unspecified atom stereocenters. The van der Waals surface area contributed by atoms with E-state index in [4.69, 9.17) is 0 Å². The normalized spacial score (nSPS) is 14.6. The number of benzene rings is 1. The quantitative estimate of drug-likeness (QED) is 0.815. The first-order valence-electron chi connectivity index (χ1n) is 6.20. The van der Waals surface area contributed by atoms with Gasteiger partial charge in [-0.15, -0.1) is 0 Å². The van der Waals surface area contributed by atoms with E-state index in [1.165, 1.54) is 6.42 Å². The fourth-order valence-corrected chi connectivity index (χ4v) is 2.04. The van der Waals surface area contributed by atoms with Gasteiger partial charge >= 0.3 is 0 Å². The zero-order chi connectivity index (χ0) is 12.8. The van der Waals surface area contributed by atoms with E-state index in [2.05, 4.69) is 42.0 Å². The number of hydrogen-bond acceptors (Lipinski definition) is 1. The minimum atomic E-state index is -0.195. The van der Waals surface area contributed by atoms with Crippen LogP contribution in [0.5, 0.6) is 0 Å². The summed E-state index contributed by atoms with van der Waals surface area (Å²) >= 11 is 3.16. The summed E-state index contributed by atoms with van der Waals surface area (Å²) in [6.45, 7) is 7.38. The first-order chi connectivity index (χ1) is 8.02. The molecular formula is C14H21BrFN. The second-order valence-corrected chi connectivity index (χ2v) is 5.63. The van der Waals surface area contributed by atoms with Crippen molar-refractivity contribution in [3.05, 3.63) is 34.1 Å². The van der Waals surface area contributed by atoms with Crippen LogP contribution in [0, 0.1) is 11.7 Å². The summed E-state index contributed by atoms with van der Waals surface area (Å²) < 4.78 is 13.8. The van der Waals surface area contributed by atoms with Gasteiger partial charge in [-0.3, -0.25) is 0 Å². The molecule has 0 radical (unpaired) electrons. The van der Waals surface area contributed by atoms with Crippen LogP contribution in [-0.2, 0) is 6.54 Å². The second kappa shape index (κ2) is 7.12. The molecule has 96 valence electrons. The number of nitrogens with one attached hydrogen (secondary N) is 1. The highest BCUT2D eigenvalue weighted by Gasteiger charge is 2.07. The molecule has 1 rings (SSSR count). The van der Waals surface area contributed by atoms with Crippen molar-refractivity contribution in [2.45, 2.75) is 46.2 Å². The first kappa shape index (κ1) is 14.7. The molecule has 1 nitrogen and oxygen atoms in total. The molecule has 0 saturated heterocycles. The Morgan fingerprint density at radius 1 is 1.35 bits per heavy atom. The second-order valence-electron chi connectivity index (χ2n) is 4.78. The molecule has 0 spiro atoms. The third-order valence-electron chi connectivity index (χ3n) is 3.09. The van der Waals surface area contributed by atoms with Crippen LogP contribution in [0.4, 0.5) is 4.39 Å². The van der Waals surface area contributed by atoms with Crippen LogP contribution in [0.15, 0.2) is 22.7 Å². The SMILES string of the molecule is CCC(C)CC(C)NCc1ccc(Br)c(F)c1. The topological polar surface area (TPSA) is 12.0 Å². The van der Waals surface area contributed by atoms with Crippen molar-refractivity contribution in [2.24, 2.45) is 5.92 Å². The molecule has 1 aromatic rings. The standard InChI is InChI=1S/C14H21BrFN/c1-4-10(2)7-11(3)17-9-12-5-6-13(15)14(16)8-12/h5-6,8,10-11,17H,4,7,9H2,1-3H3. The lowest BCUT2D eigenvalue weighted by atomic mass is 10.0. The van der Waals surface area contributed by atoms with Gasteiger partial charge in [0.2, 0.25) is 0 Å². The van der Waals surface area contributed by atoms with Gasteiger partial charge in [0.25, 0.3) is 0 Å². The molecule has 1 aromatic carbocycles. The average molecular weight is 302 g/mol. The Hall–Kier alpha value is -0.410. The summed E-state index contributed by atoms with van der Waals surface area (Å²) in [7, 11) is 0. The highest BCUT2D eigenvalue weighted by atomic mass is 79.9. The predicted octanol–water partition coefficient (Wildman–Crippen LogP) is 4.50. The monoisotopic (exact) mass is 301 g/mol. The van der Waals surface area contributed by atoms with Crippen molar-refractivity contribution in [1.82, 2.24) is 5.32 Å². The Kier molecular flexibility index (Phi) is 6.14. The molecule has 0 bridgehead atoms. The Balaban J connectivity index is 2.42. The van der Waals surface area contributed by atoms with Crippen LogP contribution in [0.25, 0.3) is 0 Å². The smallest absolute Gasteiger partial charge is 0.137 e. The lowest BCUT2D eigenvalue weighted by molar-refractivity contribution is 0.411. The Morgan fingerprint density at radius 2 is 2.06 bits per heavy atom. The van der Waals surface area contributed by atoms with Crippen LogP contribution in [0.2, 0.25) is 0 Å². The summed E-state index contributed by atoms with van der Waals surface area (Å²) in [5.74, 6) is 0.540. The van der Waals surface area contributed by atoms with Crippen LogP contribution in [0.1, 0.15) is 39.2 Å². The van der Waals surface area contributed by atoms with Gasteiger partial charge in [-0.25, -0.2) is 4.39 Å². The third-order valence-corrected chi connectivity index (χ3v) is 3.73. The highest BCUT2D eigenvalue weighted by molar-refractivity contribution is 9.10. The molecule has 3 heteroatoms. The Labute approximate surface area is 112 Å². The molecule has 0 aromatic heterocycles. The minimum Gasteiger partial charge on any atom is -0.310 e. The van der Waals surface area contributed by atoms with Crippen LogP contribution >= 0.6 is 15.9 Å². The maximum atomic E-state index is 13.3. The molecule has 0 aliphatic rings. The molecule has 17 heavy (non-hydrogen) atoms. The van der Waals surface area contributed by atoms with E-state index in [9.17, 15) is 4.39 Å². The Bertz CT molecular complexity index is 354. The molecule has 0 fully saturated rings. The van der Waals surface area contributed by atoms with Crippen LogP contribution in [-0.4, -0.2) is 6.04 Å². The molecule has 2 atom stereocenters. The van der Waals surface area contributed by atoms with E-state index in [1.807, 2.05) is 6.07 Å². The van der Waals surface area contributed by atoms with Gasteiger partial charge in [0.15, 0.2) is 0 Å². The lowest BCUT2D eigenvalue weighted by Crippen LogP contribution is -2.27. The van der Waals surface area contributed by atoms with Crippen LogP contribution < -0.4 is 5.32 Å². The summed E-state index contributed by atoms with van der Waals surface area (Å²) in [5.41, 5.74) is 0.988. The van der Waals surface area contributed by atoms with Crippen molar-refractivity contribution in [3.8, 4) is 0 Å². The van der Waals surface area contributed by atoms with E-state index in [0.29, 0.717) is 10.5 Å². The maximum Gasteiger partial charge on any atom is 0.137 e. The van der Waals surface area contributed by atoms with Crippen molar-refractivity contribution < 1.29 is 4.39 Å². The van der Waals surface area contributed by atoms with Gasteiger partial charge in [0.05, 0.1) is 4.47 Å². The fraction of sp³-hybridized carbons (Fsp3) is 0.571. The summed E-state index contributed by atoms with van der Waals surface area (Å²) in [5, 5.41) is 3.43. The molecular weight excluding hydrogens is 281 g/mol. The van der Waals surface area contributed by atoms with Gasteiger partial charge in [0.1, 0.15) is 5.82 Å².